The van der Waals surface area contributed by atoms with Crippen LogP contribution in [0.1, 0.15) is 31.2 Å². The van der Waals surface area contributed by atoms with Crippen LogP contribution in [-0.4, -0.2) is 36.5 Å². The first-order valence-corrected chi connectivity index (χ1v) is 6.88. The van der Waals surface area contributed by atoms with E-state index in [-0.39, 0.29) is 0 Å². The minimum absolute atomic E-state index is 0.414. The van der Waals surface area contributed by atoms with Crippen molar-refractivity contribution in [2.45, 2.75) is 38.7 Å². The molecule has 0 bridgehead atoms. The Morgan fingerprint density at radius 1 is 1.42 bits per heavy atom. The SMILES string of the molecule is Cc1cc(B(O)O)ccc1OCCCC1CCCO1. The smallest absolute Gasteiger partial charge is 0.488 e. The molecule has 1 unspecified atom stereocenters. The second-order valence-corrected chi connectivity index (χ2v) is 5.02. The highest BCUT2D eigenvalue weighted by atomic mass is 16.5. The molecule has 1 aliphatic rings. The topological polar surface area (TPSA) is 58.9 Å². The molecule has 0 spiro atoms. The van der Waals surface area contributed by atoms with Gasteiger partial charge in [-0.3, -0.25) is 0 Å². The zero-order valence-electron chi connectivity index (χ0n) is 11.3. The molecule has 19 heavy (non-hydrogen) atoms. The fourth-order valence-electron chi connectivity index (χ4n) is 2.36. The van der Waals surface area contributed by atoms with Crippen LogP contribution in [0.4, 0.5) is 0 Å². The first kappa shape index (κ1) is 14.4. The van der Waals surface area contributed by atoms with Crippen LogP contribution in [0.2, 0.25) is 0 Å². The molecule has 1 aromatic carbocycles. The van der Waals surface area contributed by atoms with Gasteiger partial charge in [-0.05, 0) is 49.7 Å². The molecule has 104 valence electrons. The number of hydrogen-bond donors (Lipinski definition) is 2. The van der Waals surface area contributed by atoms with Crippen LogP contribution < -0.4 is 10.2 Å². The molecule has 1 heterocycles. The predicted octanol–water partition coefficient (Wildman–Crippen LogP) is 1.01. The number of hydrogen-bond acceptors (Lipinski definition) is 4. The molecule has 0 saturated carbocycles. The average molecular weight is 264 g/mol. The van der Waals surface area contributed by atoms with Gasteiger partial charge in [-0.25, -0.2) is 0 Å². The molecule has 0 radical (unpaired) electrons. The lowest BCUT2D eigenvalue weighted by Gasteiger charge is -2.12. The third kappa shape index (κ3) is 4.23. The van der Waals surface area contributed by atoms with Crippen molar-refractivity contribution in [2.24, 2.45) is 0 Å². The minimum Gasteiger partial charge on any atom is -0.493 e. The third-order valence-electron chi connectivity index (χ3n) is 3.45. The van der Waals surface area contributed by atoms with Crippen molar-refractivity contribution in [3.8, 4) is 5.75 Å². The summed E-state index contributed by atoms with van der Waals surface area (Å²) in [4.78, 5) is 0. The number of rotatable bonds is 6. The Hall–Kier alpha value is -1.04. The van der Waals surface area contributed by atoms with Crippen molar-refractivity contribution in [1.29, 1.82) is 0 Å². The highest BCUT2D eigenvalue weighted by molar-refractivity contribution is 6.58. The van der Waals surface area contributed by atoms with Gasteiger partial charge in [0.1, 0.15) is 5.75 Å². The van der Waals surface area contributed by atoms with Gasteiger partial charge in [-0.1, -0.05) is 12.1 Å². The largest absolute Gasteiger partial charge is 0.493 e. The summed E-state index contributed by atoms with van der Waals surface area (Å²) in [5.74, 6) is 0.803. The van der Waals surface area contributed by atoms with E-state index < -0.39 is 7.12 Å². The third-order valence-corrected chi connectivity index (χ3v) is 3.45. The van der Waals surface area contributed by atoms with Crippen LogP contribution in [0.25, 0.3) is 0 Å². The number of aryl methyl sites for hydroxylation is 1. The maximum absolute atomic E-state index is 9.08. The van der Waals surface area contributed by atoms with Crippen molar-refractivity contribution < 1.29 is 19.5 Å². The molecular formula is C14H21BO4. The Bertz CT molecular complexity index is 402. The van der Waals surface area contributed by atoms with Crippen molar-refractivity contribution in [2.75, 3.05) is 13.2 Å². The minimum atomic E-state index is -1.42. The van der Waals surface area contributed by atoms with Gasteiger partial charge in [0.25, 0.3) is 0 Å². The van der Waals surface area contributed by atoms with Crippen LogP contribution in [0.15, 0.2) is 18.2 Å². The van der Waals surface area contributed by atoms with Gasteiger partial charge in [0.15, 0.2) is 0 Å². The van der Waals surface area contributed by atoms with Gasteiger partial charge in [0.05, 0.1) is 12.7 Å². The van der Waals surface area contributed by atoms with Crippen LogP contribution >= 0.6 is 0 Å². The Labute approximate surface area is 114 Å². The summed E-state index contributed by atoms with van der Waals surface area (Å²) >= 11 is 0. The fraction of sp³-hybridized carbons (Fsp3) is 0.571. The lowest BCUT2D eigenvalue weighted by Crippen LogP contribution is -2.29. The van der Waals surface area contributed by atoms with Crippen molar-refractivity contribution >= 4 is 12.6 Å². The molecule has 0 aliphatic carbocycles. The van der Waals surface area contributed by atoms with Crippen LogP contribution in [-0.2, 0) is 4.74 Å². The Balaban J connectivity index is 1.76. The summed E-state index contributed by atoms with van der Waals surface area (Å²) < 4.78 is 11.3. The highest BCUT2D eigenvalue weighted by Gasteiger charge is 2.15. The van der Waals surface area contributed by atoms with Crippen LogP contribution in [0.3, 0.4) is 0 Å². The lowest BCUT2D eigenvalue weighted by atomic mass is 9.79. The van der Waals surface area contributed by atoms with E-state index in [9.17, 15) is 0 Å². The van der Waals surface area contributed by atoms with E-state index in [0.717, 1.165) is 30.8 Å². The van der Waals surface area contributed by atoms with E-state index in [1.165, 1.54) is 12.8 Å². The molecule has 1 atom stereocenters. The molecule has 0 amide bonds. The van der Waals surface area contributed by atoms with Crippen molar-refractivity contribution in [3.63, 3.8) is 0 Å². The van der Waals surface area contributed by atoms with Gasteiger partial charge in [0.2, 0.25) is 0 Å². The second kappa shape index (κ2) is 6.94. The maximum atomic E-state index is 9.08. The Kier molecular flexibility index (Phi) is 5.25. The first-order chi connectivity index (χ1) is 9.16. The summed E-state index contributed by atoms with van der Waals surface area (Å²) in [6, 6.07) is 5.20. The quantitative estimate of drug-likeness (QED) is 0.594. The first-order valence-electron chi connectivity index (χ1n) is 6.88. The zero-order valence-corrected chi connectivity index (χ0v) is 11.3. The van der Waals surface area contributed by atoms with E-state index >= 15 is 0 Å². The summed E-state index contributed by atoms with van der Waals surface area (Å²) in [5.41, 5.74) is 1.41. The Morgan fingerprint density at radius 3 is 2.89 bits per heavy atom. The molecule has 1 fully saturated rings. The molecule has 1 aliphatic heterocycles. The number of benzene rings is 1. The van der Waals surface area contributed by atoms with Crippen LogP contribution in [0.5, 0.6) is 5.75 Å². The summed E-state index contributed by atoms with van der Waals surface area (Å²) in [6.07, 6.45) is 4.79. The molecule has 5 heteroatoms. The molecule has 1 saturated heterocycles. The summed E-state index contributed by atoms with van der Waals surface area (Å²) in [7, 11) is -1.42. The monoisotopic (exact) mass is 264 g/mol. The second-order valence-electron chi connectivity index (χ2n) is 5.02. The normalized spacial score (nSPS) is 18.6. The van der Waals surface area contributed by atoms with Gasteiger partial charge < -0.3 is 19.5 Å². The molecule has 4 nitrogen and oxygen atoms in total. The zero-order chi connectivity index (χ0) is 13.7. The standard InChI is InChI=1S/C14H21BO4/c1-11-10-12(15(16)17)6-7-14(11)19-9-3-5-13-4-2-8-18-13/h6-7,10,13,16-17H,2-5,8-9H2,1H3. The molecule has 2 N–H and O–H groups in total. The van der Waals surface area contributed by atoms with Gasteiger partial charge in [-0.2, -0.15) is 0 Å². The summed E-state index contributed by atoms with van der Waals surface area (Å²) in [6.45, 7) is 3.47. The van der Waals surface area contributed by atoms with E-state index in [1.54, 1.807) is 18.2 Å². The van der Waals surface area contributed by atoms with E-state index in [1.807, 2.05) is 6.92 Å². The molecule has 2 rings (SSSR count). The van der Waals surface area contributed by atoms with Crippen molar-refractivity contribution in [3.05, 3.63) is 23.8 Å². The van der Waals surface area contributed by atoms with Gasteiger partial charge >= 0.3 is 7.12 Å². The molecular weight excluding hydrogens is 243 g/mol. The van der Waals surface area contributed by atoms with E-state index in [4.69, 9.17) is 19.5 Å². The predicted molar refractivity (Wildman–Crippen MR) is 74.7 cm³/mol. The molecule has 1 aromatic rings. The fourth-order valence-corrected chi connectivity index (χ4v) is 2.36. The maximum Gasteiger partial charge on any atom is 0.488 e. The highest BCUT2D eigenvalue weighted by Crippen LogP contribution is 2.19. The lowest BCUT2D eigenvalue weighted by molar-refractivity contribution is 0.0981. The summed E-state index contributed by atoms with van der Waals surface area (Å²) in [5, 5.41) is 18.2. The number of ether oxygens (including phenoxy) is 2. The Morgan fingerprint density at radius 2 is 2.26 bits per heavy atom. The average Bonchev–Trinajstić information content (AvgIpc) is 2.89. The molecule has 0 aromatic heterocycles. The van der Waals surface area contributed by atoms with E-state index in [2.05, 4.69) is 0 Å². The van der Waals surface area contributed by atoms with Gasteiger partial charge in [0, 0.05) is 6.61 Å². The van der Waals surface area contributed by atoms with Crippen LogP contribution in [0, 0.1) is 6.92 Å². The van der Waals surface area contributed by atoms with E-state index in [0.29, 0.717) is 18.2 Å². The van der Waals surface area contributed by atoms with Gasteiger partial charge in [-0.15, -0.1) is 0 Å². The van der Waals surface area contributed by atoms with Crippen molar-refractivity contribution in [1.82, 2.24) is 0 Å².